The molecule has 0 spiro atoms. The summed E-state index contributed by atoms with van der Waals surface area (Å²) in [5, 5.41) is 15.4. The highest BCUT2D eigenvalue weighted by atomic mass is 16.5. The molecule has 23 heavy (non-hydrogen) atoms. The second kappa shape index (κ2) is 8.61. The molecular formula is C16H29N3O4. The van der Waals surface area contributed by atoms with E-state index in [2.05, 4.69) is 10.6 Å². The van der Waals surface area contributed by atoms with Gasteiger partial charge in [0.1, 0.15) is 6.10 Å². The molecule has 132 valence electrons. The first-order valence-electron chi connectivity index (χ1n) is 8.47. The maximum Gasteiger partial charge on any atom is 0.234 e. The largest absolute Gasteiger partial charge is 0.394 e. The van der Waals surface area contributed by atoms with E-state index in [1.807, 2.05) is 14.1 Å². The summed E-state index contributed by atoms with van der Waals surface area (Å²) in [6.45, 7) is 0.818. The Morgan fingerprint density at radius 2 is 1.96 bits per heavy atom. The number of ether oxygens (including phenoxy) is 1. The normalized spacial score (nSPS) is 27.7. The number of aliphatic hydroxyl groups excluding tert-OH is 1. The first kappa shape index (κ1) is 18.2. The van der Waals surface area contributed by atoms with Crippen molar-refractivity contribution < 1.29 is 19.4 Å². The third-order valence-corrected chi connectivity index (χ3v) is 4.32. The van der Waals surface area contributed by atoms with Crippen LogP contribution in [-0.2, 0) is 14.3 Å². The van der Waals surface area contributed by atoms with Gasteiger partial charge in [-0.25, -0.2) is 0 Å². The van der Waals surface area contributed by atoms with Gasteiger partial charge in [-0.15, -0.1) is 0 Å². The number of rotatable bonds is 8. The molecule has 0 radical (unpaired) electrons. The Kier molecular flexibility index (Phi) is 6.80. The fourth-order valence-electron chi connectivity index (χ4n) is 2.90. The number of nitrogens with zero attached hydrogens (tertiary/aromatic N) is 1. The van der Waals surface area contributed by atoms with Gasteiger partial charge in [0, 0.05) is 12.5 Å². The number of hydrogen-bond donors (Lipinski definition) is 3. The molecule has 2 amide bonds. The summed E-state index contributed by atoms with van der Waals surface area (Å²) in [7, 11) is 3.68. The molecule has 1 heterocycles. The van der Waals surface area contributed by atoms with Crippen molar-refractivity contribution in [2.24, 2.45) is 5.92 Å². The quantitative estimate of drug-likeness (QED) is 0.558. The van der Waals surface area contributed by atoms with Crippen LogP contribution in [-0.4, -0.2) is 73.9 Å². The van der Waals surface area contributed by atoms with E-state index in [0.717, 1.165) is 32.1 Å². The van der Waals surface area contributed by atoms with Crippen LogP contribution < -0.4 is 10.6 Å². The van der Waals surface area contributed by atoms with Crippen LogP contribution in [0.3, 0.4) is 0 Å². The van der Waals surface area contributed by atoms with Crippen molar-refractivity contribution in [2.45, 2.75) is 50.4 Å². The van der Waals surface area contributed by atoms with Crippen LogP contribution in [0.4, 0.5) is 0 Å². The molecule has 0 aromatic heterocycles. The first-order chi connectivity index (χ1) is 11.0. The third kappa shape index (κ3) is 6.08. The number of hydrogen-bond acceptors (Lipinski definition) is 5. The Labute approximate surface area is 137 Å². The number of nitrogens with one attached hydrogen (secondary N) is 2. The van der Waals surface area contributed by atoms with Crippen molar-refractivity contribution >= 4 is 11.8 Å². The van der Waals surface area contributed by atoms with Gasteiger partial charge in [0.2, 0.25) is 11.8 Å². The number of aliphatic hydroxyl groups is 1. The van der Waals surface area contributed by atoms with Gasteiger partial charge in [0.05, 0.1) is 25.3 Å². The van der Waals surface area contributed by atoms with Crippen molar-refractivity contribution in [1.82, 2.24) is 15.5 Å². The zero-order valence-electron chi connectivity index (χ0n) is 14.1. The second-order valence-corrected chi connectivity index (χ2v) is 6.82. The number of likely N-dealkylation sites (N-methyl/N-ethyl adjacent to an activating group) is 1. The van der Waals surface area contributed by atoms with E-state index in [-0.39, 0.29) is 42.6 Å². The van der Waals surface area contributed by atoms with Crippen LogP contribution in [0, 0.1) is 5.92 Å². The van der Waals surface area contributed by atoms with Crippen LogP contribution in [0.5, 0.6) is 0 Å². The van der Waals surface area contributed by atoms with Crippen molar-refractivity contribution in [2.75, 3.05) is 33.8 Å². The molecular weight excluding hydrogens is 298 g/mol. The van der Waals surface area contributed by atoms with Crippen molar-refractivity contribution in [3.63, 3.8) is 0 Å². The molecule has 0 aromatic carbocycles. The smallest absolute Gasteiger partial charge is 0.234 e. The lowest BCUT2D eigenvalue weighted by Gasteiger charge is -2.36. The second-order valence-electron chi connectivity index (χ2n) is 6.82. The van der Waals surface area contributed by atoms with E-state index in [4.69, 9.17) is 4.74 Å². The van der Waals surface area contributed by atoms with Gasteiger partial charge in [-0.3, -0.25) is 9.59 Å². The van der Waals surface area contributed by atoms with Gasteiger partial charge in [0.15, 0.2) is 0 Å². The summed E-state index contributed by atoms with van der Waals surface area (Å²) in [5.41, 5.74) is 0. The lowest BCUT2D eigenvalue weighted by molar-refractivity contribution is -0.129. The van der Waals surface area contributed by atoms with Crippen LogP contribution in [0.2, 0.25) is 0 Å². The number of amides is 2. The van der Waals surface area contributed by atoms with Gasteiger partial charge in [-0.1, -0.05) is 0 Å². The number of carbonyl (C=O) groups excluding carboxylic acids is 2. The molecule has 0 unspecified atom stereocenters. The van der Waals surface area contributed by atoms with Crippen molar-refractivity contribution in [3.8, 4) is 0 Å². The third-order valence-electron chi connectivity index (χ3n) is 4.32. The minimum Gasteiger partial charge on any atom is -0.394 e. The molecule has 2 rings (SSSR count). The zero-order valence-corrected chi connectivity index (χ0v) is 14.1. The Hall–Kier alpha value is -1.18. The Bertz CT molecular complexity index is 412. The van der Waals surface area contributed by atoms with E-state index < -0.39 is 0 Å². The van der Waals surface area contributed by atoms with Gasteiger partial charge < -0.3 is 25.4 Å². The lowest BCUT2D eigenvalue weighted by Crippen LogP contribution is -2.52. The van der Waals surface area contributed by atoms with E-state index in [1.54, 1.807) is 4.90 Å². The molecule has 0 aromatic rings. The SMILES string of the molecule is CN(C)CC(=O)N[C@@H]1CC[C@H](CCNC(=O)C2CC2)O[C@@H]1CO. The summed E-state index contributed by atoms with van der Waals surface area (Å²) >= 11 is 0. The molecule has 1 saturated carbocycles. The average Bonchev–Trinajstić information content (AvgIpc) is 3.32. The topological polar surface area (TPSA) is 90.9 Å². The zero-order chi connectivity index (χ0) is 16.8. The summed E-state index contributed by atoms with van der Waals surface area (Å²) in [5.74, 6) is 0.314. The van der Waals surface area contributed by atoms with Gasteiger partial charge in [-0.05, 0) is 46.2 Å². The van der Waals surface area contributed by atoms with Crippen LogP contribution in [0.25, 0.3) is 0 Å². The highest BCUT2D eigenvalue weighted by molar-refractivity contribution is 5.80. The molecule has 0 bridgehead atoms. The minimum absolute atomic E-state index is 0.0219. The lowest BCUT2D eigenvalue weighted by atomic mass is 9.97. The van der Waals surface area contributed by atoms with Crippen molar-refractivity contribution in [1.29, 1.82) is 0 Å². The molecule has 7 nitrogen and oxygen atoms in total. The van der Waals surface area contributed by atoms with E-state index in [9.17, 15) is 14.7 Å². The number of carbonyl (C=O) groups is 2. The van der Waals surface area contributed by atoms with Crippen LogP contribution >= 0.6 is 0 Å². The summed E-state index contributed by atoms with van der Waals surface area (Å²) < 4.78 is 5.88. The fourth-order valence-corrected chi connectivity index (χ4v) is 2.90. The predicted octanol–water partition coefficient (Wildman–Crippen LogP) is -0.511. The highest BCUT2D eigenvalue weighted by Gasteiger charge is 2.32. The molecule has 1 aliphatic carbocycles. The molecule has 3 atom stereocenters. The van der Waals surface area contributed by atoms with Gasteiger partial charge in [-0.2, -0.15) is 0 Å². The summed E-state index contributed by atoms with van der Waals surface area (Å²) in [4.78, 5) is 25.2. The summed E-state index contributed by atoms with van der Waals surface area (Å²) in [6.07, 6.45) is 4.01. The average molecular weight is 327 g/mol. The van der Waals surface area contributed by atoms with Gasteiger partial charge >= 0.3 is 0 Å². The van der Waals surface area contributed by atoms with Crippen molar-refractivity contribution in [3.05, 3.63) is 0 Å². The molecule has 1 saturated heterocycles. The molecule has 2 fully saturated rings. The highest BCUT2D eigenvalue weighted by Crippen LogP contribution is 2.28. The molecule has 7 heteroatoms. The maximum atomic E-state index is 11.8. The van der Waals surface area contributed by atoms with E-state index in [1.165, 1.54) is 0 Å². The van der Waals surface area contributed by atoms with E-state index >= 15 is 0 Å². The first-order valence-corrected chi connectivity index (χ1v) is 8.47. The molecule has 2 aliphatic rings. The molecule has 3 N–H and O–H groups in total. The van der Waals surface area contributed by atoms with Gasteiger partial charge in [0.25, 0.3) is 0 Å². The Balaban J connectivity index is 1.69. The fraction of sp³-hybridized carbons (Fsp3) is 0.875. The molecule has 1 aliphatic heterocycles. The Morgan fingerprint density at radius 1 is 1.22 bits per heavy atom. The monoisotopic (exact) mass is 327 g/mol. The van der Waals surface area contributed by atoms with Crippen LogP contribution in [0.1, 0.15) is 32.1 Å². The summed E-state index contributed by atoms with van der Waals surface area (Å²) in [6, 6.07) is -0.148. The maximum absolute atomic E-state index is 11.8. The van der Waals surface area contributed by atoms with Crippen LogP contribution in [0.15, 0.2) is 0 Å². The standard InChI is InChI=1S/C16H29N3O4/c1-19(2)9-15(21)18-13-6-5-12(23-14(13)10-20)7-8-17-16(22)11-3-4-11/h11-14,20H,3-10H2,1-2H3,(H,17,22)(H,18,21)/t12-,13-,14-/m1/s1. The Morgan fingerprint density at radius 3 is 2.57 bits per heavy atom. The minimum atomic E-state index is -0.376. The van der Waals surface area contributed by atoms with E-state index in [0.29, 0.717) is 13.1 Å². The predicted molar refractivity (Wildman–Crippen MR) is 85.8 cm³/mol.